The van der Waals surface area contributed by atoms with Crippen LogP contribution in [-0.2, 0) is 0 Å². The van der Waals surface area contributed by atoms with Gasteiger partial charge in [-0.2, -0.15) is 0 Å². The molecule has 7 heteroatoms. The molecular weight excluding hydrogens is 303 g/mol. The van der Waals surface area contributed by atoms with Crippen LogP contribution in [0.15, 0.2) is 41.4 Å². The monoisotopic (exact) mass is 308 g/mol. The molecule has 0 aliphatic heterocycles. The Morgan fingerprint density at radius 2 is 2.22 bits per heavy atom. The summed E-state index contributed by atoms with van der Waals surface area (Å²) in [5.74, 6) is 0.427. The van der Waals surface area contributed by atoms with E-state index in [9.17, 15) is 4.39 Å². The third-order valence-corrected chi connectivity index (χ3v) is 2.90. The predicted octanol–water partition coefficient (Wildman–Crippen LogP) is 2.82. The third kappa shape index (κ3) is 1.92. The van der Waals surface area contributed by atoms with E-state index in [1.807, 2.05) is 0 Å². The van der Waals surface area contributed by atoms with Crippen LogP contribution in [-0.4, -0.2) is 19.6 Å². The van der Waals surface area contributed by atoms with Crippen LogP contribution in [0.25, 0.3) is 5.65 Å². The molecule has 3 rings (SSSR count). The first kappa shape index (κ1) is 11.1. The highest BCUT2D eigenvalue weighted by Gasteiger charge is 2.08. The van der Waals surface area contributed by atoms with Crippen molar-refractivity contribution in [2.75, 3.05) is 0 Å². The molecule has 5 nitrogen and oxygen atoms in total. The standard InChI is InChI=1S/C11H6BrFN4O/c12-8-5-7(1-2-9(8)13)18-11-10-16-15-6-17(10)4-3-14-11/h1-6H. The first-order valence-corrected chi connectivity index (χ1v) is 5.80. The van der Waals surface area contributed by atoms with E-state index in [1.54, 1.807) is 23.1 Å². The zero-order valence-electron chi connectivity index (χ0n) is 8.92. The Labute approximate surface area is 109 Å². The van der Waals surface area contributed by atoms with Crippen molar-refractivity contribution in [3.05, 3.63) is 47.2 Å². The topological polar surface area (TPSA) is 52.3 Å². The molecule has 0 saturated carbocycles. The highest BCUT2D eigenvalue weighted by Crippen LogP contribution is 2.26. The maximum absolute atomic E-state index is 13.1. The van der Waals surface area contributed by atoms with Gasteiger partial charge in [0.05, 0.1) is 4.47 Å². The lowest BCUT2D eigenvalue weighted by Gasteiger charge is -2.05. The van der Waals surface area contributed by atoms with Gasteiger partial charge in [-0.15, -0.1) is 10.2 Å². The molecule has 0 aliphatic carbocycles. The minimum Gasteiger partial charge on any atom is -0.436 e. The molecule has 0 unspecified atom stereocenters. The lowest BCUT2D eigenvalue weighted by molar-refractivity contribution is 0.462. The minimum absolute atomic E-state index is 0.313. The molecule has 0 saturated heterocycles. The number of hydrogen-bond donors (Lipinski definition) is 0. The molecule has 0 atom stereocenters. The summed E-state index contributed by atoms with van der Waals surface area (Å²) < 4.78 is 20.7. The molecule has 0 radical (unpaired) electrons. The van der Waals surface area contributed by atoms with Gasteiger partial charge < -0.3 is 4.74 Å². The van der Waals surface area contributed by atoms with Crippen LogP contribution in [0.2, 0.25) is 0 Å². The minimum atomic E-state index is -0.351. The normalized spacial score (nSPS) is 10.8. The number of fused-ring (bicyclic) bond motifs is 1. The van der Waals surface area contributed by atoms with Gasteiger partial charge in [-0.05, 0) is 34.1 Å². The van der Waals surface area contributed by atoms with Gasteiger partial charge in [0.2, 0.25) is 5.65 Å². The molecule has 3 aromatic rings. The second-order valence-electron chi connectivity index (χ2n) is 3.47. The van der Waals surface area contributed by atoms with Gasteiger partial charge in [0.25, 0.3) is 5.88 Å². The molecule has 0 bridgehead atoms. The first-order valence-electron chi connectivity index (χ1n) is 5.01. The van der Waals surface area contributed by atoms with Crippen LogP contribution >= 0.6 is 15.9 Å². The van der Waals surface area contributed by atoms with Crippen LogP contribution in [0.3, 0.4) is 0 Å². The fourth-order valence-electron chi connectivity index (χ4n) is 1.46. The molecule has 90 valence electrons. The van der Waals surface area contributed by atoms with Crippen LogP contribution in [0.5, 0.6) is 11.6 Å². The fourth-order valence-corrected chi connectivity index (χ4v) is 1.82. The number of ether oxygens (including phenoxy) is 1. The summed E-state index contributed by atoms with van der Waals surface area (Å²) in [4.78, 5) is 4.07. The van der Waals surface area contributed by atoms with Gasteiger partial charge in [-0.3, -0.25) is 4.40 Å². The van der Waals surface area contributed by atoms with Crippen LogP contribution < -0.4 is 4.74 Å². The van der Waals surface area contributed by atoms with Gasteiger partial charge in [0.15, 0.2) is 0 Å². The summed E-state index contributed by atoms with van der Waals surface area (Å²) in [6.07, 6.45) is 4.83. The molecule has 0 aliphatic rings. The Kier molecular flexibility index (Phi) is 2.67. The lowest BCUT2D eigenvalue weighted by atomic mass is 10.3. The van der Waals surface area contributed by atoms with Gasteiger partial charge >= 0.3 is 0 Å². The zero-order valence-corrected chi connectivity index (χ0v) is 10.5. The number of halogens is 2. The van der Waals surface area contributed by atoms with Crippen molar-refractivity contribution in [2.24, 2.45) is 0 Å². The fraction of sp³-hybridized carbons (Fsp3) is 0. The molecule has 0 fully saturated rings. The maximum atomic E-state index is 13.1. The second kappa shape index (κ2) is 4.34. The lowest BCUT2D eigenvalue weighted by Crippen LogP contribution is -1.93. The molecule has 1 aromatic carbocycles. The molecular formula is C11H6BrFN4O. The Morgan fingerprint density at radius 1 is 1.33 bits per heavy atom. The van der Waals surface area contributed by atoms with Crippen molar-refractivity contribution in [2.45, 2.75) is 0 Å². The molecule has 18 heavy (non-hydrogen) atoms. The van der Waals surface area contributed by atoms with Gasteiger partial charge in [0.1, 0.15) is 17.9 Å². The zero-order chi connectivity index (χ0) is 12.5. The number of aromatic nitrogens is 4. The second-order valence-corrected chi connectivity index (χ2v) is 4.33. The number of rotatable bonds is 2. The Bertz CT molecular complexity index is 715. The van der Waals surface area contributed by atoms with Crippen molar-refractivity contribution < 1.29 is 9.13 Å². The first-order chi connectivity index (χ1) is 8.74. The average Bonchev–Trinajstić information content (AvgIpc) is 2.83. The van der Waals surface area contributed by atoms with Gasteiger partial charge in [-0.25, -0.2) is 9.37 Å². The number of nitrogens with zero attached hydrogens (tertiary/aromatic N) is 4. The summed E-state index contributed by atoms with van der Waals surface area (Å²) in [5, 5.41) is 7.65. The average molecular weight is 309 g/mol. The predicted molar refractivity (Wildman–Crippen MR) is 65.0 cm³/mol. The van der Waals surface area contributed by atoms with Gasteiger partial charge in [-0.1, -0.05) is 0 Å². The van der Waals surface area contributed by atoms with Crippen molar-refractivity contribution in [3.63, 3.8) is 0 Å². The SMILES string of the molecule is Fc1ccc(Oc2nccn3cnnc23)cc1Br. The molecule has 0 amide bonds. The van der Waals surface area contributed by atoms with E-state index in [-0.39, 0.29) is 5.82 Å². The maximum Gasteiger partial charge on any atom is 0.265 e. The van der Waals surface area contributed by atoms with E-state index in [1.165, 1.54) is 18.2 Å². The van der Waals surface area contributed by atoms with Crippen molar-refractivity contribution in [1.29, 1.82) is 0 Å². The summed E-state index contributed by atoms with van der Waals surface area (Å²) in [7, 11) is 0. The number of hydrogen-bond acceptors (Lipinski definition) is 4. The largest absolute Gasteiger partial charge is 0.436 e. The molecule has 2 aromatic heterocycles. The highest BCUT2D eigenvalue weighted by molar-refractivity contribution is 9.10. The quantitative estimate of drug-likeness (QED) is 0.730. The van der Waals surface area contributed by atoms with Crippen LogP contribution in [0.1, 0.15) is 0 Å². The van der Waals surface area contributed by atoms with E-state index in [0.29, 0.717) is 21.7 Å². The smallest absolute Gasteiger partial charge is 0.265 e. The van der Waals surface area contributed by atoms with Gasteiger partial charge in [0, 0.05) is 12.4 Å². The third-order valence-electron chi connectivity index (χ3n) is 2.29. The van der Waals surface area contributed by atoms with E-state index < -0.39 is 0 Å². The van der Waals surface area contributed by atoms with E-state index in [4.69, 9.17) is 4.74 Å². The summed E-state index contributed by atoms with van der Waals surface area (Å²) in [5.41, 5.74) is 0.498. The van der Waals surface area contributed by atoms with Crippen LogP contribution in [0.4, 0.5) is 4.39 Å². The molecule has 0 spiro atoms. The van der Waals surface area contributed by atoms with E-state index in [2.05, 4.69) is 31.1 Å². The number of benzene rings is 1. The molecule has 2 heterocycles. The summed E-state index contributed by atoms with van der Waals surface area (Å²) in [6, 6.07) is 4.35. The summed E-state index contributed by atoms with van der Waals surface area (Å²) >= 11 is 3.09. The van der Waals surface area contributed by atoms with E-state index in [0.717, 1.165) is 0 Å². The Morgan fingerprint density at radius 3 is 3.06 bits per heavy atom. The van der Waals surface area contributed by atoms with Crippen molar-refractivity contribution >= 4 is 21.6 Å². The highest BCUT2D eigenvalue weighted by atomic mass is 79.9. The van der Waals surface area contributed by atoms with Crippen molar-refractivity contribution in [3.8, 4) is 11.6 Å². The Balaban J connectivity index is 2.01. The Hall–Kier alpha value is -2.02. The van der Waals surface area contributed by atoms with Crippen molar-refractivity contribution in [1.82, 2.24) is 19.6 Å². The van der Waals surface area contributed by atoms with Crippen LogP contribution in [0, 0.1) is 5.82 Å². The molecule has 0 N–H and O–H groups in total. The summed E-state index contributed by atoms with van der Waals surface area (Å²) in [6.45, 7) is 0. The van der Waals surface area contributed by atoms with E-state index >= 15 is 0 Å².